The minimum atomic E-state index is -0.994. The lowest BCUT2D eigenvalue weighted by atomic mass is 10.2. The minimum Gasteiger partial charge on any atom is -0.481 e. The second-order valence-corrected chi connectivity index (χ2v) is 4.32. The van der Waals surface area contributed by atoms with Crippen LogP contribution in [0.15, 0.2) is 18.2 Å². The largest absolute Gasteiger partial charge is 0.481 e. The molecular weight excluding hydrogens is 265 g/mol. The number of nitrogens with one attached hydrogen (secondary N) is 1. The summed E-state index contributed by atoms with van der Waals surface area (Å²) < 4.78 is 0. The van der Waals surface area contributed by atoms with Crippen molar-refractivity contribution in [2.75, 3.05) is 0 Å². The second kappa shape index (κ2) is 6.47. The summed E-state index contributed by atoms with van der Waals surface area (Å²) in [6.45, 7) is 0.277. The molecule has 2 N–H and O–H groups in total. The predicted octanol–water partition coefficient (Wildman–Crippen LogP) is 2.47. The molecule has 92 valence electrons. The second-order valence-electron chi connectivity index (χ2n) is 3.45. The average molecular weight is 276 g/mol. The highest BCUT2D eigenvalue weighted by molar-refractivity contribution is 6.34. The van der Waals surface area contributed by atoms with E-state index in [1.165, 1.54) is 0 Å². The molecule has 6 heteroatoms. The van der Waals surface area contributed by atoms with Gasteiger partial charge in [0.05, 0.1) is 6.42 Å². The van der Waals surface area contributed by atoms with Crippen LogP contribution in [0.25, 0.3) is 0 Å². The first kappa shape index (κ1) is 13.8. The number of amides is 1. The van der Waals surface area contributed by atoms with Crippen molar-refractivity contribution in [3.63, 3.8) is 0 Å². The Labute approximate surface area is 109 Å². The lowest BCUT2D eigenvalue weighted by molar-refractivity contribution is -0.138. The van der Waals surface area contributed by atoms with Gasteiger partial charge in [-0.05, 0) is 23.8 Å². The van der Waals surface area contributed by atoms with E-state index in [4.69, 9.17) is 28.3 Å². The van der Waals surface area contributed by atoms with Crippen LogP contribution in [0.3, 0.4) is 0 Å². The minimum absolute atomic E-state index is 0.0381. The van der Waals surface area contributed by atoms with Crippen LogP contribution >= 0.6 is 23.2 Å². The van der Waals surface area contributed by atoms with Crippen molar-refractivity contribution < 1.29 is 14.7 Å². The molecule has 0 spiro atoms. The molecule has 0 heterocycles. The first-order chi connectivity index (χ1) is 7.97. The van der Waals surface area contributed by atoms with Crippen molar-refractivity contribution in [1.29, 1.82) is 0 Å². The van der Waals surface area contributed by atoms with Gasteiger partial charge < -0.3 is 10.4 Å². The molecule has 0 aliphatic carbocycles. The number of hydrogen-bond acceptors (Lipinski definition) is 2. The molecule has 0 aliphatic heterocycles. The zero-order chi connectivity index (χ0) is 12.8. The third kappa shape index (κ3) is 5.56. The highest BCUT2D eigenvalue weighted by atomic mass is 35.5. The summed E-state index contributed by atoms with van der Waals surface area (Å²) in [6, 6.07) is 4.97. The lowest BCUT2D eigenvalue weighted by Crippen LogP contribution is -2.23. The van der Waals surface area contributed by atoms with Crippen LogP contribution in [0.2, 0.25) is 10.0 Å². The summed E-state index contributed by atoms with van der Waals surface area (Å²) >= 11 is 11.6. The summed E-state index contributed by atoms with van der Waals surface area (Å²) in [4.78, 5) is 21.5. The Balaban J connectivity index is 2.44. The third-order valence-electron chi connectivity index (χ3n) is 1.98. The monoisotopic (exact) mass is 275 g/mol. The number of carbonyl (C=O) groups is 2. The van der Waals surface area contributed by atoms with Gasteiger partial charge in [0.2, 0.25) is 5.91 Å². The van der Waals surface area contributed by atoms with Gasteiger partial charge in [0.1, 0.15) is 0 Å². The highest BCUT2D eigenvalue weighted by Crippen LogP contribution is 2.18. The smallest absolute Gasteiger partial charge is 0.303 e. The molecule has 0 saturated heterocycles. The van der Waals surface area contributed by atoms with Gasteiger partial charge in [-0.1, -0.05) is 23.2 Å². The van der Waals surface area contributed by atoms with Gasteiger partial charge in [0.25, 0.3) is 0 Å². The number of aliphatic carboxylic acids is 1. The number of benzene rings is 1. The zero-order valence-corrected chi connectivity index (χ0v) is 10.4. The van der Waals surface area contributed by atoms with Crippen molar-refractivity contribution in [3.05, 3.63) is 33.8 Å². The summed E-state index contributed by atoms with van der Waals surface area (Å²) in [6.07, 6.45) is -0.217. The Kier molecular flexibility index (Phi) is 5.25. The maximum atomic E-state index is 11.3. The quantitative estimate of drug-likeness (QED) is 0.868. The van der Waals surface area contributed by atoms with Crippen molar-refractivity contribution in [3.8, 4) is 0 Å². The molecule has 0 fully saturated rings. The van der Waals surface area contributed by atoms with E-state index in [0.717, 1.165) is 5.56 Å². The van der Waals surface area contributed by atoms with Crippen molar-refractivity contribution in [2.24, 2.45) is 0 Å². The summed E-state index contributed by atoms with van der Waals surface area (Å²) in [5, 5.41) is 12.0. The maximum Gasteiger partial charge on any atom is 0.303 e. The zero-order valence-electron chi connectivity index (χ0n) is 8.87. The van der Waals surface area contributed by atoms with E-state index >= 15 is 0 Å². The van der Waals surface area contributed by atoms with Crippen molar-refractivity contribution in [1.82, 2.24) is 5.32 Å². The molecule has 0 atom stereocenters. The molecule has 4 nitrogen and oxygen atoms in total. The topological polar surface area (TPSA) is 66.4 Å². The molecule has 1 rings (SSSR count). The number of carboxylic acids is 1. The maximum absolute atomic E-state index is 11.3. The number of halogens is 2. The standard InChI is InChI=1S/C11H11Cl2NO3/c12-8-3-7(4-9(13)5-8)6-14-10(15)1-2-11(16)17/h3-5H,1-2,6H2,(H,14,15)(H,16,17). The van der Waals surface area contributed by atoms with Gasteiger partial charge in [-0.25, -0.2) is 0 Å². The predicted molar refractivity (Wildman–Crippen MR) is 65.2 cm³/mol. The third-order valence-corrected chi connectivity index (χ3v) is 2.41. The van der Waals surface area contributed by atoms with E-state index in [1.807, 2.05) is 0 Å². The highest BCUT2D eigenvalue weighted by Gasteiger charge is 2.05. The lowest BCUT2D eigenvalue weighted by Gasteiger charge is -2.05. The van der Waals surface area contributed by atoms with Gasteiger partial charge in [-0.2, -0.15) is 0 Å². The van der Waals surface area contributed by atoms with E-state index < -0.39 is 5.97 Å². The number of rotatable bonds is 5. The molecule has 1 amide bonds. The normalized spacial score (nSPS) is 10.0. The Hall–Kier alpha value is -1.26. The van der Waals surface area contributed by atoms with Gasteiger partial charge in [0, 0.05) is 23.0 Å². The Morgan fingerprint density at radius 1 is 1.12 bits per heavy atom. The first-order valence-electron chi connectivity index (χ1n) is 4.91. The summed E-state index contributed by atoms with van der Waals surface area (Å²) in [5.74, 6) is -1.31. The van der Waals surface area contributed by atoms with Crippen LogP contribution < -0.4 is 5.32 Å². The molecule has 0 bridgehead atoms. The Morgan fingerprint density at radius 3 is 2.24 bits per heavy atom. The molecule has 0 unspecified atom stereocenters. The molecule has 0 aromatic heterocycles. The van der Waals surface area contributed by atoms with Crippen LogP contribution in [-0.2, 0) is 16.1 Å². The molecular formula is C11H11Cl2NO3. The van der Waals surface area contributed by atoms with Crippen LogP contribution in [0, 0.1) is 0 Å². The van der Waals surface area contributed by atoms with Crippen LogP contribution in [-0.4, -0.2) is 17.0 Å². The fourth-order valence-electron chi connectivity index (χ4n) is 1.22. The molecule has 1 aromatic rings. The van der Waals surface area contributed by atoms with Crippen LogP contribution in [0.1, 0.15) is 18.4 Å². The fraction of sp³-hybridized carbons (Fsp3) is 0.273. The van der Waals surface area contributed by atoms with E-state index in [9.17, 15) is 9.59 Å². The van der Waals surface area contributed by atoms with Crippen LogP contribution in [0.5, 0.6) is 0 Å². The van der Waals surface area contributed by atoms with E-state index in [1.54, 1.807) is 18.2 Å². The van der Waals surface area contributed by atoms with Crippen molar-refractivity contribution in [2.45, 2.75) is 19.4 Å². The molecule has 0 aliphatic rings. The van der Waals surface area contributed by atoms with Gasteiger partial charge >= 0.3 is 5.97 Å². The van der Waals surface area contributed by atoms with E-state index in [-0.39, 0.29) is 25.3 Å². The van der Waals surface area contributed by atoms with E-state index in [2.05, 4.69) is 5.32 Å². The SMILES string of the molecule is O=C(O)CCC(=O)NCc1cc(Cl)cc(Cl)c1. The molecule has 17 heavy (non-hydrogen) atoms. The van der Waals surface area contributed by atoms with Gasteiger partial charge in [-0.3, -0.25) is 9.59 Å². The number of carboxylic acid groups (broad SMARTS) is 1. The Bertz CT molecular complexity index is 414. The molecule has 0 radical (unpaired) electrons. The van der Waals surface area contributed by atoms with Gasteiger partial charge in [-0.15, -0.1) is 0 Å². The van der Waals surface area contributed by atoms with Crippen molar-refractivity contribution >= 4 is 35.1 Å². The molecule has 0 saturated carbocycles. The fourth-order valence-corrected chi connectivity index (χ4v) is 1.79. The average Bonchev–Trinajstić information content (AvgIpc) is 2.22. The number of carbonyl (C=O) groups excluding carboxylic acids is 1. The summed E-state index contributed by atoms with van der Waals surface area (Å²) in [7, 11) is 0. The summed E-state index contributed by atoms with van der Waals surface area (Å²) in [5.41, 5.74) is 0.770. The van der Waals surface area contributed by atoms with E-state index in [0.29, 0.717) is 10.0 Å². The number of hydrogen-bond donors (Lipinski definition) is 2. The van der Waals surface area contributed by atoms with Crippen LogP contribution in [0.4, 0.5) is 0 Å². The first-order valence-corrected chi connectivity index (χ1v) is 5.66. The Morgan fingerprint density at radius 2 is 1.71 bits per heavy atom. The molecule has 1 aromatic carbocycles. The van der Waals surface area contributed by atoms with Gasteiger partial charge in [0.15, 0.2) is 0 Å².